The Hall–Kier alpha value is -2.37. The van der Waals surface area contributed by atoms with Gasteiger partial charge in [-0.2, -0.15) is 0 Å². The number of benzene rings is 1. The van der Waals surface area contributed by atoms with Crippen LogP contribution in [-0.2, 0) is 4.79 Å². The number of ether oxygens (including phenoxy) is 1. The minimum atomic E-state index is -0.997. The lowest BCUT2D eigenvalue weighted by Crippen LogP contribution is -2.09. The molecule has 17 heavy (non-hydrogen) atoms. The summed E-state index contributed by atoms with van der Waals surface area (Å²) < 4.78 is 6.85. The Morgan fingerprint density at radius 1 is 1.41 bits per heavy atom. The predicted octanol–water partition coefficient (Wildman–Crippen LogP) is 1.04. The number of carboxylic acid groups (broad SMARTS) is 1. The third-order valence-electron chi connectivity index (χ3n) is 2.20. The van der Waals surface area contributed by atoms with Gasteiger partial charge in [-0.15, -0.1) is 10.2 Å². The van der Waals surface area contributed by atoms with E-state index in [-0.39, 0.29) is 6.61 Å². The Morgan fingerprint density at radius 2 is 2.12 bits per heavy atom. The molecule has 0 spiro atoms. The molecule has 0 aliphatic rings. The quantitative estimate of drug-likeness (QED) is 0.853. The molecule has 0 saturated heterocycles. The predicted molar refractivity (Wildman–Crippen MR) is 59.2 cm³/mol. The van der Waals surface area contributed by atoms with Crippen molar-refractivity contribution in [2.75, 3.05) is 6.61 Å². The summed E-state index contributed by atoms with van der Waals surface area (Å²) in [6, 6.07) is 7.04. The van der Waals surface area contributed by atoms with Crippen LogP contribution in [0.3, 0.4) is 0 Å². The van der Waals surface area contributed by atoms with Crippen LogP contribution in [0.1, 0.15) is 5.82 Å². The maximum absolute atomic E-state index is 10.3. The zero-order valence-corrected chi connectivity index (χ0v) is 9.20. The third-order valence-corrected chi connectivity index (χ3v) is 2.20. The molecule has 0 amide bonds. The van der Waals surface area contributed by atoms with Crippen LogP contribution in [0.4, 0.5) is 0 Å². The number of rotatable bonds is 4. The van der Waals surface area contributed by atoms with Gasteiger partial charge in [0.1, 0.15) is 17.9 Å². The van der Waals surface area contributed by atoms with E-state index in [9.17, 15) is 4.79 Å². The van der Waals surface area contributed by atoms with Crippen LogP contribution in [0, 0.1) is 6.92 Å². The first kappa shape index (κ1) is 11.1. The Labute approximate surface area is 97.5 Å². The molecular formula is C11H11N3O3. The second kappa shape index (κ2) is 4.65. The molecule has 0 saturated carbocycles. The number of aliphatic carboxylic acids is 1. The van der Waals surface area contributed by atoms with Crippen LogP contribution in [0.15, 0.2) is 30.6 Å². The Kier molecular flexibility index (Phi) is 3.04. The van der Waals surface area contributed by atoms with Crippen molar-refractivity contribution >= 4 is 5.97 Å². The van der Waals surface area contributed by atoms with Gasteiger partial charge in [0.05, 0.1) is 0 Å². The second-order valence-corrected chi connectivity index (χ2v) is 3.42. The van der Waals surface area contributed by atoms with Crippen molar-refractivity contribution in [1.29, 1.82) is 0 Å². The van der Waals surface area contributed by atoms with Crippen LogP contribution in [-0.4, -0.2) is 32.4 Å². The highest BCUT2D eigenvalue weighted by Gasteiger charge is 2.03. The first-order valence-electron chi connectivity index (χ1n) is 4.98. The van der Waals surface area contributed by atoms with Crippen LogP contribution in [0.25, 0.3) is 5.69 Å². The van der Waals surface area contributed by atoms with Crippen molar-refractivity contribution in [2.45, 2.75) is 6.92 Å². The topological polar surface area (TPSA) is 77.2 Å². The molecule has 88 valence electrons. The summed E-state index contributed by atoms with van der Waals surface area (Å²) in [6.07, 6.45) is 1.61. The molecule has 1 N–H and O–H groups in total. The zero-order valence-electron chi connectivity index (χ0n) is 9.20. The van der Waals surface area contributed by atoms with Crippen LogP contribution < -0.4 is 4.74 Å². The number of aryl methyl sites for hydroxylation is 1. The molecule has 0 aliphatic carbocycles. The molecule has 6 heteroatoms. The zero-order chi connectivity index (χ0) is 12.3. The summed E-state index contributed by atoms with van der Waals surface area (Å²) in [4.78, 5) is 10.3. The number of nitrogens with zero attached hydrogens (tertiary/aromatic N) is 3. The highest BCUT2D eigenvalue weighted by atomic mass is 16.5. The maximum atomic E-state index is 10.3. The Bertz CT molecular complexity index is 519. The standard InChI is InChI=1S/C11H11N3O3/c1-8-13-12-7-14(8)9-2-4-10(5-3-9)17-6-11(15)16/h2-5,7H,6H2,1H3,(H,15,16). The van der Waals surface area contributed by atoms with E-state index in [1.807, 2.05) is 23.6 Å². The van der Waals surface area contributed by atoms with Crippen molar-refractivity contribution in [3.05, 3.63) is 36.4 Å². The fourth-order valence-electron chi connectivity index (χ4n) is 1.39. The van der Waals surface area contributed by atoms with Crippen molar-refractivity contribution in [3.8, 4) is 11.4 Å². The van der Waals surface area contributed by atoms with Gasteiger partial charge in [-0.3, -0.25) is 4.57 Å². The van der Waals surface area contributed by atoms with Gasteiger partial charge < -0.3 is 9.84 Å². The molecular weight excluding hydrogens is 222 g/mol. The normalized spacial score (nSPS) is 10.2. The van der Waals surface area contributed by atoms with Crippen molar-refractivity contribution in [1.82, 2.24) is 14.8 Å². The lowest BCUT2D eigenvalue weighted by Gasteiger charge is -2.06. The van der Waals surface area contributed by atoms with E-state index >= 15 is 0 Å². The van der Waals surface area contributed by atoms with E-state index in [0.29, 0.717) is 5.75 Å². The number of hydrogen-bond acceptors (Lipinski definition) is 4. The average Bonchev–Trinajstić information content (AvgIpc) is 2.73. The molecule has 1 heterocycles. The minimum absolute atomic E-state index is 0.342. The minimum Gasteiger partial charge on any atom is -0.482 e. The molecule has 0 fully saturated rings. The summed E-state index contributed by atoms with van der Waals surface area (Å²) in [5.41, 5.74) is 0.898. The van der Waals surface area contributed by atoms with Gasteiger partial charge in [-0.1, -0.05) is 0 Å². The molecule has 6 nitrogen and oxygen atoms in total. The van der Waals surface area contributed by atoms with E-state index in [0.717, 1.165) is 11.5 Å². The van der Waals surface area contributed by atoms with Crippen LogP contribution >= 0.6 is 0 Å². The average molecular weight is 233 g/mol. The van der Waals surface area contributed by atoms with E-state index in [1.165, 1.54) is 0 Å². The van der Waals surface area contributed by atoms with E-state index in [4.69, 9.17) is 9.84 Å². The molecule has 1 aromatic heterocycles. The van der Waals surface area contributed by atoms with E-state index in [1.54, 1.807) is 18.5 Å². The lowest BCUT2D eigenvalue weighted by atomic mass is 10.3. The van der Waals surface area contributed by atoms with E-state index < -0.39 is 5.97 Å². The van der Waals surface area contributed by atoms with Gasteiger partial charge in [0.25, 0.3) is 0 Å². The summed E-state index contributed by atoms with van der Waals surface area (Å²) in [6.45, 7) is 1.51. The van der Waals surface area contributed by atoms with Crippen LogP contribution in [0.2, 0.25) is 0 Å². The fourth-order valence-corrected chi connectivity index (χ4v) is 1.39. The fraction of sp³-hybridized carbons (Fsp3) is 0.182. The Balaban J connectivity index is 2.13. The summed E-state index contributed by atoms with van der Waals surface area (Å²) in [7, 11) is 0. The van der Waals surface area contributed by atoms with E-state index in [2.05, 4.69) is 10.2 Å². The SMILES string of the molecule is Cc1nncn1-c1ccc(OCC(=O)O)cc1. The van der Waals surface area contributed by atoms with Gasteiger partial charge in [0.2, 0.25) is 0 Å². The molecule has 0 bridgehead atoms. The van der Waals surface area contributed by atoms with Gasteiger partial charge >= 0.3 is 5.97 Å². The monoisotopic (exact) mass is 233 g/mol. The largest absolute Gasteiger partial charge is 0.482 e. The van der Waals surface area contributed by atoms with Crippen LogP contribution in [0.5, 0.6) is 5.75 Å². The molecule has 0 unspecified atom stereocenters. The lowest BCUT2D eigenvalue weighted by molar-refractivity contribution is -0.139. The first-order chi connectivity index (χ1) is 8.16. The van der Waals surface area contributed by atoms with Gasteiger partial charge in [-0.05, 0) is 31.2 Å². The number of hydrogen-bond donors (Lipinski definition) is 1. The second-order valence-electron chi connectivity index (χ2n) is 3.42. The molecule has 0 radical (unpaired) electrons. The summed E-state index contributed by atoms with van der Waals surface area (Å²) >= 11 is 0. The third kappa shape index (κ3) is 2.60. The molecule has 0 atom stereocenters. The highest BCUT2D eigenvalue weighted by Crippen LogP contribution is 2.15. The van der Waals surface area contributed by atoms with Crippen molar-refractivity contribution < 1.29 is 14.6 Å². The molecule has 2 rings (SSSR count). The highest BCUT2D eigenvalue weighted by molar-refractivity contribution is 5.68. The molecule has 0 aliphatic heterocycles. The van der Waals surface area contributed by atoms with Crippen molar-refractivity contribution in [2.24, 2.45) is 0 Å². The van der Waals surface area contributed by atoms with Crippen molar-refractivity contribution in [3.63, 3.8) is 0 Å². The summed E-state index contributed by atoms with van der Waals surface area (Å²) in [5.74, 6) is 0.301. The van der Waals surface area contributed by atoms with Gasteiger partial charge in [0.15, 0.2) is 6.61 Å². The molecule has 1 aromatic carbocycles. The molecule has 2 aromatic rings. The number of aromatic nitrogens is 3. The summed E-state index contributed by atoms with van der Waals surface area (Å²) in [5, 5.41) is 16.1. The van der Waals surface area contributed by atoms with Gasteiger partial charge in [-0.25, -0.2) is 4.79 Å². The smallest absolute Gasteiger partial charge is 0.341 e. The Morgan fingerprint density at radius 3 is 2.65 bits per heavy atom. The number of carboxylic acids is 1. The van der Waals surface area contributed by atoms with Gasteiger partial charge in [0, 0.05) is 5.69 Å². The maximum Gasteiger partial charge on any atom is 0.341 e. The first-order valence-corrected chi connectivity index (χ1v) is 4.98. The number of carbonyl (C=O) groups is 1.